The van der Waals surface area contributed by atoms with Crippen molar-refractivity contribution in [2.75, 3.05) is 13.1 Å². The maximum Gasteiger partial charge on any atom is 0.222 e. The van der Waals surface area contributed by atoms with Crippen LogP contribution in [-0.4, -0.2) is 29.9 Å². The van der Waals surface area contributed by atoms with Crippen LogP contribution in [0.25, 0.3) is 0 Å². The van der Waals surface area contributed by atoms with Crippen LogP contribution in [0.2, 0.25) is 0 Å². The Bertz CT molecular complexity index is 233. The fourth-order valence-corrected chi connectivity index (χ4v) is 2.32. The lowest BCUT2D eigenvalue weighted by Crippen LogP contribution is -2.39. The highest BCUT2D eigenvalue weighted by Gasteiger charge is 2.27. The van der Waals surface area contributed by atoms with E-state index in [0.29, 0.717) is 30.3 Å². The second-order valence-electron chi connectivity index (χ2n) is 6.03. The summed E-state index contributed by atoms with van der Waals surface area (Å²) >= 11 is 0. The summed E-state index contributed by atoms with van der Waals surface area (Å²) in [6.07, 6.45) is 5.00. The first-order valence-corrected chi connectivity index (χ1v) is 6.43. The Labute approximate surface area is 99.4 Å². The van der Waals surface area contributed by atoms with Gasteiger partial charge in [0.05, 0.1) is 0 Å². The minimum Gasteiger partial charge on any atom is -0.338 e. The van der Waals surface area contributed by atoms with E-state index in [1.54, 1.807) is 0 Å². The maximum atomic E-state index is 12.0. The van der Waals surface area contributed by atoms with Crippen LogP contribution in [0.1, 0.15) is 52.9 Å². The van der Waals surface area contributed by atoms with Crippen molar-refractivity contribution < 1.29 is 4.79 Å². The Kier molecular flexibility index (Phi) is 4.78. The van der Waals surface area contributed by atoms with Gasteiger partial charge in [-0.25, -0.2) is 0 Å². The summed E-state index contributed by atoms with van der Waals surface area (Å²) in [6.45, 7) is 8.18. The van der Waals surface area contributed by atoms with Crippen LogP contribution in [0.5, 0.6) is 0 Å². The molecule has 1 aliphatic heterocycles. The topological polar surface area (TPSA) is 46.3 Å². The minimum absolute atomic E-state index is 0.303. The molecule has 1 atom stereocenters. The van der Waals surface area contributed by atoms with Crippen LogP contribution in [0.3, 0.4) is 0 Å². The largest absolute Gasteiger partial charge is 0.338 e. The summed E-state index contributed by atoms with van der Waals surface area (Å²) in [5.41, 5.74) is 6.00. The van der Waals surface area contributed by atoms with Crippen LogP contribution >= 0.6 is 0 Å². The number of rotatable bonds is 4. The van der Waals surface area contributed by atoms with E-state index in [1.807, 2.05) is 4.90 Å². The van der Waals surface area contributed by atoms with E-state index in [4.69, 9.17) is 5.73 Å². The fraction of sp³-hybridized carbons (Fsp3) is 0.923. The van der Waals surface area contributed by atoms with Crippen LogP contribution in [0.4, 0.5) is 0 Å². The molecule has 2 N–H and O–H groups in total. The Morgan fingerprint density at radius 1 is 1.44 bits per heavy atom. The summed E-state index contributed by atoms with van der Waals surface area (Å²) < 4.78 is 0. The zero-order chi connectivity index (χ0) is 12.2. The van der Waals surface area contributed by atoms with Gasteiger partial charge >= 0.3 is 0 Å². The normalized spacial score (nSPS) is 21.5. The molecule has 94 valence electrons. The lowest BCUT2D eigenvalue weighted by atomic mass is 9.90. The van der Waals surface area contributed by atoms with Crippen molar-refractivity contribution in [1.29, 1.82) is 0 Å². The number of hydrogen-bond donors (Lipinski definition) is 1. The third-order valence-electron chi connectivity index (χ3n) is 3.29. The van der Waals surface area contributed by atoms with Crippen molar-refractivity contribution in [2.24, 2.45) is 11.1 Å². The molecule has 3 nitrogen and oxygen atoms in total. The average Bonchev–Trinajstić information content (AvgIpc) is 2.63. The summed E-state index contributed by atoms with van der Waals surface area (Å²) in [5.74, 6) is 0.303. The molecule has 1 heterocycles. The van der Waals surface area contributed by atoms with Crippen molar-refractivity contribution in [3.63, 3.8) is 0 Å². The van der Waals surface area contributed by atoms with Gasteiger partial charge < -0.3 is 10.6 Å². The van der Waals surface area contributed by atoms with Gasteiger partial charge in [-0.3, -0.25) is 4.79 Å². The second-order valence-corrected chi connectivity index (χ2v) is 6.03. The van der Waals surface area contributed by atoms with Crippen LogP contribution < -0.4 is 5.73 Å². The van der Waals surface area contributed by atoms with Crippen molar-refractivity contribution in [3.05, 3.63) is 0 Å². The molecular weight excluding hydrogens is 200 g/mol. The molecule has 1 saturated heterocycles. The smallest absolute Gasteiger partial charge is 0.222 e. The third kappa shape index (κ3) is 4.12. The number of nitrogens with zero attached hydrogens (tertiary/aromatic N) is 1. The molecule has 0 aromatic rings. The quantitative estimate of drug-likeness (QED) is 0.798. The number of nitrogens with two attached hydrogens (primary N) is 1. The first kappa shape index (κ1) is 13.5. The van der Waals surface area contributed by atoms with Crippen LogP contribution in [0.15, 0.2) is 0 Å². The summed E-state index contributed by atoms with van der Waals surface area (Å²) in [7, 11) is 0. The van der Waals surface area contributed by atoms with Gasteiger partial charge in [0.1, 0.15) is 0 Å². The van der Waals surface area contributed by atoms with Gasteiger partial charge in [-0.05, 0) is 31.1 Å². The van der Waals surface area contributed by atoms with Gasteiger partial charge in [0.15, 0.2) is 0 Å². The third-order valence-corrected chi connectivity index (χ3v) is 3.29. The molecule has 1 rings (SSSR count). The zero-order valence-electron chi connectivity index (χ0n) is 11.0. The standard InChI is InChI=1S/C13H26N2O/c1-13(2,3)8-4-7-12(16)15-9-5-6-11(15)10-14/h11H,4-10,14H2,1-3H3. The Morgan fingerprint density at radius 2 is 2.12 bits per heavy atom. The zero-order valence-corrected chi connectivity index (χ0v) is 11.0. The minimum atomic E-state index is 0.303. The van der Waals surface area contributed by atoms with Gasteiger partial charge in [0, 0.05) is 25.6 Å². The fourth-order valence-electron chi connectivity index (χ4n) is 2.32. The van der Waals surface area contributed by atoms with Gasteiger partial charge in [0.25, 0.3) is 0 Å². The Hall–Kier alpha value is -0.570. The molecule has 1 fully saturated rings. The molecule has 1 aliphatic rings. The molecule has 1 unspecified atom stereocenters. The molecule has 0 aromatic heterocycles. The number of carbonyl (C=O) groups is 1. The molecule has 0 aliphatic carbocycles. The van der Waals surface area contributed by atoms with Gasteiger partial charge in [0.2, 0.25) is 5.91 Å². The highest BCUT2D eigenvalue weighted by molar-refractivity contribution is 5.76. The number of carbonyl (C=O) groups excluding carboxylic acids is 1. The maximum absolute atomic E-state index is 12.0. The van der Waals surface area contributed by atoms with Gasteiger partial charge in [-0.1, -0.05) is 20.8 Å². The predicted molar refractivity (Wildman–Crippen MR) is 67.1 cm³/mol. The van der Waals surface area contributed by atoms with Crippen molar-refractivity contribution in [2.45, 2.75) is 58.9 Å². The lowest BCUT2D eigenvalue weighted by Gasteiger charge is -2.24. The average molecular weight is 226 g/mol. The molecule has 0 saturated carbocycles. The first-order valence-electron chi connectivity index (χ1n) is 6.43. The van der Waals surface area contributed by atoms with E-state index in [2.05, 4.69) is 20.8 Å². The summed E-state index contributed by atoms with van der Waals surface area (Å²) in [5, 5.41) is 0. The number of hydrogen-bond acceptors (Lipinski definition) is 2. The molecule has 0 radical (unpaired) electrons. The van der Waals surface area contributed by atoms with Crippen molar-refractivity contribution in [3.8, 4) is 0 Å². The van der Waals surface area contributed by atoms with Crippen LogP contribution in [-0.2, 0) is 4.79 Å². The highest BCUT2D eigenvalue weighted by Crippen LogP contribution is 2.23. The molecular formula is C13H26N2O. The molecule has 0 spiro atoms. The number of amides is 1. The van der Waals surface area contributed by atoms with E-state index in [9.17, 15) is 4.79 Å². The molecule has 1 amide bonds. The predicted octanol–water partition coefficient (Wildman–Crippen LogP) is 2.15. The molecule has 16 heavy (non-hydrogen) atoms. The summed E-state index contributed by atoms with van der Waals surface area (Å²) in [4.78, 5) is 14.0. The highest BCUT2D eigenvalue weighted by atomic mass is 16.2. The van der Waals surface area contributed by atoms with E-state index >= 15 is 0 Å². The van der Waals surface area contributed by atoms with E-state index in [0.717, 1.165) is 32.2 Å². The molecule has 0 aromatic carbocycles. The number of likely N-dealkylation sites (tertiary alicyclic amines) is 1. The second kappa shape index (κ2) is 5.67. The van der Waals surface area contributed by atoms with Crippen molar-refractivity contribution in [1.82, 2.24) is 4.90 Å². The lowest BCUT2D eigenvalue weighted by molar-refractivity contribution is -0.132. The Morgan fingerprint density at radius 3 is 2.69 bits per heavy atom. The monoisotopic (exact) mass is 226 g/mol. The summed E-state index contributed by atoms with van der Waals surface area (Å²) in [6, 6.07) is 0.308. The molecule has 3 heteroatoms. The Balaban J connectivity index is 2.29. The van der Waals surface area contributed by atoms with Gasteiger partial charge in [-0.2, -0.15) is 0 Å². The SMILES string of the molecule is CC(C)(C)CCCC(=O)N1CCCC1CN. The first-order chi connectivity index (χ1) is 7.44. The molecule has 0 bridgehead atoms. The van der Waals surface area contributed by atoms with Crippen molar-refractivity contribution >= 4 is 5.91 Å². The van der Waals surface area contributed by atoms with Crippen LogP contribution in [0, 0.1) is 5.41 Å². The van der Waals surface area contributed by atoms with Gasteiger partial charge in [-0.15, -0.1) is 0 Å². The van der Waals surface area contributed by atoms with E-state index < -0.39 is 0 Å². The van der Waals surface area contributed by atoms with E-state index in [-0.39, 0.29) is 0 Å². The van der Waals surface area contributed by atoms with E-state index in [1.165, 1.54) is 0 Å².